The predicted molar refractivity (Wildman–Crippen MR) is 156 cm³/mol. The first-order valence-corrected chi connectivity index (χ1v) is 13.3. The molecule has 0 fully saturated rings. The van der Waals surface area contributed by atoms with Crippen molar-refractivity contribution >= 4 is 22.8 Å². The molecule has 0 radical (unpaired) electrons. The minimum atomic E-state index is -0.384. The number of fused-ring (bicyclic) bond motifs is 1. The van der Waals surface area contributed by atoms with Gasteiger partial charge in [0.05, 0.1) is 5.56 Å². The Morgan fingerprint density at radius 1 is 0.927 bits per heavy atom. The lowest BCUT2D eigenvalue weighted by molar-refractivity contribution is 0.0945. The van der Waals surface area contributed by atoms with Gasteiger partial charge in [0.15, 0.2) is 0 Å². The van der Waals surface area contributed by atoms with Gasteiger partial charge in [0, 0.05) is 48.1 Å². The normalized spacial score (nSPS) is 11.0. The summed E-state index contributed by atoms with van der Waals surface area (Å²) in [5.74, 6) is 0.317. The number of benzene rings is 3. The summed E-state index contributed by atoms with van der Waals surface area (Å²) in [6.07, 6.45) is 3.40. The van der Waals surface area contributed by atoms with E-state index in [2.05, 4.69) is 15.6 Å². The molecule has 0 aliphatic heterocycles. The van der Waals surface area contributed by atoms with Crippen LogP contribution in [0.4, 0.5) is 4.39 Å². The van der Waals surface area contributed by atoms with Gasteiger partial charge < -0.3 is 19.8 Å². The minimum absolute atomic E-state index is 0.185. The number of halogens is 1. The van der Waals surface area contributed by atoms with Crippen molar-refractivity contribution in [3.63, 3.8) is 0 Å². The van der Waals surface area contributed by atoms with Crippen molar-refractivity contribution in [1.29, 1.82) is 0 Å². The summed E-state index contributed by atoms with van der Waals surface area (Å²) in [6, 6.07) is 20.3. The molecular formula is C33H30FN3O4. The zero-order chi connectivity index (χ0) is 28.9. The molecule has 7 nitrogen and oxygen atoms in total. The average molecular weight is 552 g/mol. The monoisotopic (exact) mass is 551 g/mol. The molecule has 2 aromatic heterocycles. The van der Waals surface area contributed by atoms with Crippen molar-refractivity contribution in [3.8, 4) is 28.2 Å². The van der Waals surface area contributed by atoms with Crippen LogP contribution in [-0.2, 0) is 6.61 Å². The quantitative estimate of drug-likeness (QED) is 0.215. The Bertz CT molecular complexity index is 1700. The molecule has 0 spiro atoms. The number of pyridine rings is 1. The molecule has 41 heavy (non-hydrogen) atoms. The van der Waals surface area contributed by atoms with E-state index in [-0.39, 0.29) is 17.6 Å². The standard InChI is InChI=1S/C33H30FN3O4/c1-20(2)18-37-32(38)24-7-10-28(40-19-21-12-14-36-15-13-21)26(17-24)23-6-11-29-27(16-23)30(33(39)35-3)31(41-29)22-4-8-25(34)9-5-22/h4-17,20H,18-19H2,1-3H3,(H,35,39)(H,37,38). The lowest BCUT2D eigenvalue weighted by Crippen LogP contribution is -2.27. The molecule has 0 bridgehead atoms. The first-order valence-electron chi connectivity index (χ1n) is 13.3. The van der Waals surface area contributed by atoms with E-state index in [0.717, 1.165) is 11.1 Å². The Hall–Kier alpha value is -4.98. The maximum atomic E-state index is 13.6. The second-order valence-electron chi connectivity index (χ2n) is 10.1. The first kappa shape index (κ1) is 27.6. The van der Waals surface area contributed by atoms with Crippen molar-refractivity contribution in [2.24, 2.45) is 5.92 Å². The fraction of sp³-hybridized carbons (Fsp3) is 0.182. The molecule has 0 aliphatic rings. The van der Waals surface area contributed by atoms with Crippen LogP contribution >= 0.6 is 0 Å². The molecule has 0 aliphatic carbocycles. The SMILES string of the molecule is CNC(=O)c1c(-c2ccc(F)cc2)oc2ccc(-c3cc(C(=O)NCC(C)C)ccc3OCc3ccncc3)cc12. The summed E-state index contributed by atoms with van der Waals surface area (Å²) >= 11 is 0. The second-order valence-corrected chi connectivity index (χ2v) is 10.1. The molecule has 3 aromatic carbocycles. The number of rotatable bonds is 9. The third-order valence-corrected chi connectivity index (χ3v) is 6.62. The maximum Gasteiger partial charge on any atom is 0.255 e. The summed E-state index contributed by atoms with van der Waals surface area (Å²) in [4.78, 5) is 30.1. The molecule has 2 heterocycles. The molecule has 2 amide bonds. The van der Waals surface area contributed by atoms with Crippen LogP contribution in [0.1, 0.15) is 40.1 Å². The van der Waals surface area contributed by atoms with Crippen LogP contribution in [0.5, 0.6) is 5.75 Å². The van der Waals surface area contributed by atoms with Crippen LogP contribution in [-0.4, -0.2) is 30.4 Å². The topological polar surface area (TPSA) is 93.5 Å². The van der Waals surface area contributed by atoms with E-state index < -0.39 is 0 Å². The van der Waals surface area contributed by atoms with Gasteiger partial charge in [-0.3, -0.25) is 14.6 Å². The highest BCUT2D eigenvalue weighted by Gasteiger charge is 2.23. The molecule has 0 saturated heterocycles. The van der Waals surface area contributed by atoms with E-state index in [9.17, 15) is 14.0 Å². The average Bonchev–Trinajstić information content (AvgIpc) is 3.38. The van der Waals surface area contributed by atoms with Gasteiger partial charge in [-0.1, -0.05) is 19.9 Å². The van der Waals surface area contributed by atoms with Crippen molar-refractivity contribution in [2.75, 3.05) is 13.6 Å². The van der Waals surface area contributed by atoms with Gasteiger partial charge in [-0.15, -0.1) is 0 Å². The lowest BCUT2D eigenvalue weighted by Gasteiger charge is -2.15. The molecule has 208 valence electrons. The van der Waals surface area contributed by atoms with E-state index >= 15 is 0 Å². The van der Waals surface area contributed by atoms with Gasteiger partial charge in [0.1, 0.15) is 29.5 Å². The molecule has 0 atom stereocenters. The van der Waals surface area contributed by atoms with Crippen LogP contribution in [0.2, 0.25) is 0 Å². The number of furan rings is 1. The van der Waals surface area contributed by atoms with Gasteiger partial charge in [-0.25, -0.2) is 4.39 Å². The smallest absolute Gasteiger partial charge is 0.255 e. The second kappa shape index (κ2) is 12.0. The highest BCUT2D eigenvalue weighted by atomic mass is 19.1. The Morgan fingerprint density at radius 3 is 2.37 bits per heavy atom. The highest BCUT2D eigenvalue weighted by Crippen LogP contribution is 2.38. The third-order valence-electron chi connectivity index (χ3n) is 6.62. The van der Waals surface area contributed by atoms with E-state index in [4.69, 9.17) is 9.15 Å². The summed E-state index contributed by atoms with van der Waals surface area (Å²) in [5, 5.41) is 6.22. The number of aromatic nitrogens is 1. The largest absolute Gasteiger partial charge is 0.488 e. The zero-order valence-electron chi connectivity index (χ0n) is 23.0. The lowest BCUT2D eigenvalue weighted by atomic mass is 9.98. The zero-order valence-corrected chi connectivity index (χ0v) is 23.0. The fourth-order valence-corrected chi connectivity index (χ4v) is 4.48. The molecule has 5 aromatic rings. The molecule has 8 heteroatoms. The highest BCUT2D eigenvalue weighted by molar-refractivity contribution is 6.12. The van der Waals surface area contributed by atoms with Crippen molar-refractivity contribution in [3.05, 3.63) is 108 Å². The third kappa shape index (κ3) is 6.11. The first-order chi connectivity index (χ1) is 19.8. The molecule has 5 rings (SSSR count). The molecular weight excluding hydrogens is 521 g/mol. The van der Waals surface area contributed by atoms with E-state index in [0.29, 0.717) is 63.8 Å². The van der Waals surface area contributed by atoms with Gasteiger partial charge in [-0.05, 0) is 83.8 Å². The Labute approximate surface area is 237 Å². The number of amides is 2. The van der Waals surface area contributed by atoms with E-state index in [1.54, 1.807) is 55.8 Å². The number of hydrogen-bond donors (Lipinski definition) is 2. The minimum Gasteiger partial charge on any atom is -0.488 e. The fourth-order valence-electron chi connectivity index (χ4n) is 4.48. The van der Waals surface area contributed by atoms with Gasteiger partial charge in [0.2, 0.25) is 0 Å². The number of hydrogen-bond acceptors (Lipinski definition) is 5. The maximum absolute atomic E-state index is 13.6. The Balaban J connectivity index is 1.61. The van der Waals surface area contributed by atoms with E-state index in [1.165, 1.54) is 12.1 Å². The van der Waals surface area contributed by atoms with Gasteiger partial charge in [-0.2, -0.15) is 0 Å². The molecule has 0 unspecified atom stereocenters. The van der Waals surface area contributed by atoms with Crippen LogP contribution in [0.3, 0.4) is 0 Å². The summed E-state index contributed by atoms with van der Waals surface area (Å²) in [7, 11) is 1.55. The number of ether oxygens (including phenoxy) is 1. The number of carbonyl (C=O) groups is 2. The number of carbonyl (C=O) groups excluding carboxylic acids is 2. The van der Waals surface area contributed by atoms with Crippen LogP contribution < -0.4 is 15.4 Å². The van der Waals surface area contributed by atoms with Crippen molar-refractivity contribution < 1.29 is 23.1 Å². The molecule has 0 saturated carbocycles. The Morgan fingerprint density at radius 2 is 1.66 bits per heavy atom. The van der Waals surface area contributed by atoms with Crippen molar-refractivity contribution in [1.82, 2.24) is 15.6 Å². The van der Waals surface area contributed by atoms with Crippen LogP contribution in [0.25, 0.3) is 33.4 Å². The van der Waals surface area contributed by atoms with Crippen LogP contribution in [0.15, 0.2) is 89.6 Å². The summed E-state index contributed by atoms with van der Waals surface area (Å²) in [5.41, 5.74) is 4.26. The van der Waals surface area contributed by atoms with Gasteiger partial charge >= 0.3 is 0 Å². The van der Waals surface area contributed by atoms with Crippen molar-refractivity contribution in [2.45, 2.75) is 20.5 Å². The Kier molecular flexibility index (Phi) is 8.10. The summed E-state index contributed by atoms with van der Waals surface area (Å²) < 4.78 is 25.9. The molecule has 2 N–H and O–H groups in total. The summed E-state index contributed by atoms with van der Waals surface area (Å²) in [6.45, 7) is 4.93. The van der Waals surface area contributed by atoms with E-state index in [1.807, 2.05) is 38.1 Å². The number of nitrogens with zero attached hydrogens (tertiary/aromatic N) is 1. The van der Waals surface area contributed by atoms with Gasteiger partial charge in [0.25, 0.3) is 11.8 Å². The predicted octanol–water partition coefficient (Wildman–Crippen LogP) is 6.63. The van der Waals surface area contributed by atoms with Crippen LogP contribution in [0, 0.1) is 11.7 Å². The number of nitrogens with one attached hydrogen (secondary N) is 2.